The maximum Gasteiger partial charge on any atom is 0.259 e. The molecule has 1 aromatic carbocycles. The molecule has 47 heavy (non-hydrogen) atoms. The van der Waals surface area contributed by atoms with E-state index in [-0.39, 0.29) is 34.9 Å². The van der Waals surface area contributed by atoms with E-state index in [0.717, 1.165) is 83.4 Å². The number of fused-ring (bicyclic) bond motifs is 5. The van der Waals surface area contributed by atoms with E-state index in [4.69, 9.17) is 5.73 Å². The summed E-state index contributed by atoms with van der Waals surface area (Å²) in [5, 5.41) is 11.2. The Balaban J connectivity index is 1.22. The Morgan fingerprint density at radius 3 is 2.40 bits per heavy atom. The Bertz CT molecular complexity index is 1610. The van der Waals surface area contributed by atoms with Crippen LogP contribution in [0, 0.1) is 11.6 Å². The summed E-state index contributed by atoms with van der Waals surface area (Å²) in [6.07, 6.45) is 14.1. The summed E-state index contributed by atoms with van der Waals surface area (Å²) in [7, 11) is 0. The van der Waals surface area contributed by atoms with Crippen LogP contribution in [0.2, 0.25) is 0 Å². The van der Waals surface area contributed by atoms with E-state index >= 15 is 4.39 Å². The molecule has 5 fully saturated rings. The molecule has 12 heteroatoms. The van der Waals surface area contributed by atoms with E-state index in [0.29, 0.717) is 30.6 Å². The van der Waals surface area contributed by atoms with Gasteiger partial charge in [-0.15, -0.1) is 5.10 Å². The lowest BCUT2D eigenvalue weighted by Gasteiger charge is -2.50. The van der Waals surface area contributed by atoms with Gasteiger partial charge in [-0.3, -0.25) is 9.59 Å². The van der Waals surface area contributed by atoms with Crippen LogP contribution in [0.5, 0.6) is 0 Å². The molecule has 10 nitrogen and oxygen atoms in total. The third kappa shape index (κ3) is 6.34. The van der Waals surface area contributed by atoms with Gasteiger partial charge in [0.2, 0.25) is 0 Å². The molecule has 1 saturated carbocycles. The number of piperidine rings is 2. The first-order valence-electron chi connectivity index (χ1n) is 17.5. The largest absolute Gasteiger partial charge is 0.381 e. The molecule has 4 saturated heterocycles. The summed E-state index contributed by atoms with van der Waals surface area (Å²) in [5.74, 6) is -1.99. The van der Waals surface area contributed by atoms with Gasteiger partial charge in [0.15, 0.2) is 17.3 Å². The van der Waals surface area contributed by atoms with Crippen molar-refractivity contribution < 1.29 is 18.4 Å². The quantitative estimate of drug-likeness (QED) is 0.377. The Hall–Kier alpha value is -3.64. The van der Waals surface area contributed by atoms with Crippen LogP contribution in [0.25, 0.3) is 5.65 Å². The van der Waals surface area contributed by atoms with E-state index < -0.39 is 29.1 Å². The molecule has 2 aromatic heterocycles. The van der Waals surface area contributed by atoms with Crippen molar-refractivity contribution in [2.24, 2.45) is 0 Å². The first-order valence-corrected chi connectivity index (χ1v) is 17.5. The van der Waals surface area contributed by atoms with E-state index in [2.05, 4.69) is 25.6 Å². The standard InChI is InChI=1S/C35H46F2N8O2/c36-24-21-39-32-29(31(38)42-45(32)22-24)33(46)41-30-27(10-15-40-35(30)13-6-4-2-1-3-5-7-14-35)26-9-8-23(20-28(26)37)34(47)44-19-18-43-16-11-25(44)12-17-43/h8-9,20-22,25,27,30,40H,1-7,10-19H2,(H2,38,42)(H,41,46). The van der Waals surface area contributed by atoms with Crippen molar-refractivity contribution in [2.45, 2.75) is 101 Å². The molecule has 4 N–H and O–H groups in total. The molecular weight excluding hydrogens is 602 g/mol. The first-order chi connectivity index (χ1) is 22.8. The van der Waals surface area contributed by atoms with Gasteiger partial charge in [-0.2, -0.15) is 0 Å². The van der Waals surface area contributed by atoms with Crippen LogP contribution in [-0.4, -0.2) is 86.6 Å². The molecule has 252 valence electrons. The lowest BCUT2D eigenvalue weighted by atomic mass is 9.68. The van der Waals surface area contributed by atoms with Gasteiger partial charge in [0, 0.05) is 49.2 Å². The van der Waals surface area contributed by atoms with Gasteiger partial charge >= 0.3 is 0 Å². The Morgan fingerprint density at radius 2 is 1.68 bits per heavy atom. The van der Waals surface area contributed by atoms with Crippen molar-refractivity contribution >= 4 is 23.3 Å². The second-order valence-electron chi connectivity index (χ2n) is 14.0. The van der Waals surface area contributed by atoms with Crippen molar-refractivity contribution in [2.75, 3.05) is 38.5 Å². The predicted octanol–water partition coefficient (Wildman–Crippen LogP) is 4.65. The zero-order valence-corrected chi connectivity index (χ0v) is 27.0. The number of halogens is 2. The first kappa shape index (κ1) is 31.9. The van der Waals surface area contributed by atoms with Gasteiger partial charge in [0.25, 0.3) is 11.8 Å². The normalized spacial score (nSPS) is 26.6. The number of aromatic nitrogens is 3. The summed E-state index contributed by atoms with van der Waals surface area (Å²) < 4.78 is 31.4. The fraction of sp³-hybridized carbons (Fsp3) is 0.600. The van der Waals surface area contributed by atoms with Gasteiger partial charge in [-0.25, -0.2) is 18.3 Å². The average Bonchev–Trinajstić information content (AvgIpc) is 3.18. The highest BCUT2D eigenvalue weighted by molar-refractivity contribution is 6.04. The Kier molecular flexibility index (Phi) is 9.15. The van der Waals surface area contributed by atoms with Gasteiger partial charge < -0.3 is 26.2 Å². The third-order valence-electron chi connectivity index (χ3n) is 11.2. The molecule has 2 atom stereocenters. The lowest BCUT2D eigenvalue weighted by Crippen LogP contribution is -2.66. The number of carbonyl (C=O) groups excluding carboxylic acids is 2. The molecule has 0 radical (unpaired) electrons. The fourth-order valence-corrected chi connectivity index (χ4v) is 8.73. The molecule has 1 aliphatic carbocycles. The van der Waals surface area contributed by atoms with Gasteiger partial charge in [-0.05, 0) is 56.3 Å². The van der Waals surface area contributed by atoms with Gasteiger partial charge in [0.1, 0.15) is 11.4 Å². The summed E-state index contributed by atoms with van der Waals surface area (Å²) >= 11 is 0. The highest BCUT2D eigenvalue weighted by Gasteiger charge is 2.47. The second kappa shape index (κ2) is 13.5. The summed E-state index contributed by atoms with van der Waals surface area (Å²) in [5.41, 5.74) is 6.85. The number of nitrogens with two attached hydrogens (primary N) is 1. The Labute approximate surface area is 274 Å². The van der Waals surface area contributed by atoms with Crippen LogP contribution in [0.1, 0.15) is 109 Å². The topological polar surface area (TPSA) is 121 Å². The molecule has 1 spiro atoms. The fourth-order valence-electron chi connectivity index (χ4n) is 8.73. The molecule has 6 heterocycles. The smallest absolute Gasteiger partial charge is 0.259 e. The van der Waals surface area contributed by atoms with Crippen LogP contribution < -0.4 is 16.4 Å². The second-order valence-corrected chi connectivity index (χ2v) is 14.0. The summed E-state index contributed by atoms with van der Waals surface area (Å²) in [6, 6.07) is 4.65. The highest BCUT2D eigenvalue weighted by atomic mass is 19.1. The van der Waals surface area contributed by atoms with Crippen LogP contribution in [-0.2, 0) is 0 Å². The molecule has 8 rings (SSSR count). The molecule has 2 amide bonds. The van der Waals surface area contributed by atoms with Crippen LogP contribution in [0.15, 0.2) is 30.6 Å². The number of nitrogen functional groups attached to an aromatic ring is 1. The number of hydrogen-bond donors (Lipinski definition) is 3. The van der Waals surface area contributed by atoms with Gasteiger partial charge in [-0.1, -0.05) is 51.0 Å². The molecular formula is C35H46F2N8O2. The number of hydrogen-bond acceptors (Lipinski definition) is 7. The number of anilines is 1. The zero-order chi connectivity index (χ0) is 32.5. The minimum absolute atomic E-state index is 0.0473. The monoisotopic (exact) mass is 648 g/mol. The average molecular weight is 649 g/mol. The van der Waals surface area contributed by atoms with Crippen molar-refractivity contribution in [1.82, 2.24) is 35.0 Å². The van der Waals surface area contributed by atoms with Crippen LogP contribution >= 0.6 is 0 Å². The number of nitrogens with one attached hydrogen (secondary N) is 2. The minimum atomic E-state index is -0.595. The summed E-state index contributed by atoms with van der Waals surface area (Å²) in [6.45, 7) is 4.19. The van der Waals surface area contributed by atoms with Crippen molar-refractivity contribution in [1.29, 1.82) is 0 Å². The summed E-state index contributed by atoms with van der Waals surface area (Å²) in [4.78, 5) is 36.2. The lowest BCUT2D eigenvalue weighted by molar-refractivity contribution is 0.0684. The maximum atomic E-state index is 16.4. The number of amides is 2. The van der Waals surface area contributed by atoms with Crippen molar-refractivity contribution in [3.05, 3.63) is 58.9 Å². The molecule has 3 aromatic rings. The van der Waals surface area contributed by atoms with Crippen LogP contribution in [0.4, 0.5) is 14.6 Å². The van der Waals surface area contributed by atoms with Crippen molar-refractivity contribution in [3.8, 4) is 0 Å². The van der Waals surface area contributed by atoms with E-state index in [1.807, 2.05) is 4.90 Å². The number of carbonyl (C=O) groups is 2. The molecule has 2 unspecified atom stereocenters. The van der Waals surface area contributed by atoms with E-state index in [1.54, 1.807) is 12.1 Å². The maximum absolute atomic E-state index is 16.4. The molecule has 2 bridgehead atoms. The molecule has 4 aliphatic heterocycles. The Morgan fingerprint density at radius 1 is 0.957 bits per heavy atom. The number of nitrogens with zero attached hydrogens (tertiary/aromatic N) is 5. The zero-order valence-electron chi connectivity index (χ0n) is 27.0. The van der Waals surface area contributed by atoms with Gasteiger partial charge in [0.05, 0.1) is 18.4 Å². The SMILES string of the molecule is Nc1nn2cc(F)cnc2c1C(=O)NC1C(c2ccc(C(=O)N3CCN4CCC3CC4)cc2F)CCNC12CCCCCCCCC2. The predicted molar refractivity (Wildman–Crippen MR) is 175 cm³/mol. The number of rotatable bonds is 4. The highest BCUT2D eigenvalue weighted by Crippen LogP contribution is 2.41. The van der Waals surface area contributed by atoms with Crippen LogP contribution in [0.3, 0.4) is 0 Å². The van der Waals surface area contributed by atoms with Crippen molar-refractivity contribution in [3.63, 3.8) is 0 Å². The minimum Gasteiger partial charge on any atom is -0.381 e. The third-order valence-corrected chi connectivity index (χ3v) is 11.2. The van der Waals surface area contributed by atoms with E-state index in [9.17, 15) is 14.0 Å². The molecule has 5 aliphatic rings. The number of benzene rings is 1. The van der Waals surface area contributed by atoms with E-state index in [1.165, 1.54) is 29.8 Å².